The number of hydrogen-bond acceptors (Lipinski definition) is 6. The smallest absolute Gasteiger partial charge is 0.225 e. The van der Waals surface area contributed by atoms with Crippen LogP contribution in [0.2, 0.25) is 0 Å². The first kappa shape index (κ1) is 15.3. The van der Waals surface area contributed by atoms with E-state index in [0.29, 0.717) is 18.9 Å². The first-order valence-corrected chi connectivity index (χ1v) is 8.50. The molecule has 24 heavy (non-hydrogen) atoms. The summed E-state index contributed by atoms with van der Waals surface area (Å²) in [6, 6.07) is 3.91. The molecule has 0 aliphatic carbocycles. The lowest BCUT2D eigenvalue weighted by Crippen LogP contribution is -2.47. The van der Waals surface area contributed by atoms with Crippen LogP contribution < -0.4 is 4.90 Å². The van der Waals surface area contributed by atoms with Gasteiger partial charge in [0.2, 0.25) is 5.91 Å². The summed E-state index contributed by atoms with van der Waals surface area (Å²) < 4.78 is 5.33. The summed E-state index contributed by atoms with van der Waals surface area (Å²) in [4.78, 5) is 29.8. The molecule has 0 N–H and O–H groups in total. The lowest BCUT2D eigenvalue weighted by atomic mass is 9.95. The number of fused-ring (bicyclic) bond motifs is 1. The summed E-state index contributed by atoms with van der Waals surface area (Å²) in [6.07, 6.45) is 5.03. The summed E-state index contributed by atoms with van der Waals surface area (Å²) in [5, 5.41) is 0.970. The molecule has 2 aromatic heterocycles. The van der Waals surface area contributed by atoms with Gasteiger partial charge in [-0.2, -0.15) is 0 Å². The first-order chi connectivity index (χ1) is 11.8. The Bertz CT molecular complexity index is 718. The number of pyridine rings is 1. The predicted octanol–water partition coefficient (Wildman–Crippen LogP) is 1.10. The van der Waals surface area contributed by atoms with Crippen LogP contribution >= 0.6 is 0 Å². The number of rotatable bonds is 2. The fourth-order valence-electron chi connectivity index (χ4n) is 3.51. The molecule has 0 aromatic carbocycles. The Morgan fingerprint density at radius 2 is 1.88 bits per heavy atom. The monoisotopic (exact) mass is 327 g/mol. The van der Waals surface area contributed by atoms with Gasteiger partial charge in [0.05, 0.1) is 18.6 Å². The van der Waals surface area contributed by atoms with E-state index in [1.807, 2.05) is 17.0 Å². The number of hydrogen-bond donors (Lipinski definition) is 0. The summed E-state index contributed by atoms with van der Waals surface area (Å²) in [7, 11) is 0. The zero-order valence-electron chi connectivity index (χ0n) is 13.6. The molecule has 2 aliphatic rings. The number of morpholine rings is 1. The second-order valence-electron chi connectivity index (χ2n) is 6.27. The topological polar surface area (TPSA) is 71.5 Å². The van der Waals surface area contributed by atoms with E-state index < -0.39 is 0 Å². The Labute approximate surface area is 140 Å². The molecule has 0 saturated carbocycles. The van der Waals surface area contributed by atoms with Gasteiger partial charge in [-0.3, -0.25) is 4.79 Å². The number of carbonyl (C=O) groups is 1. The van der Waals surface area contributed by atoms with Gasteiger partial charge in [0.25, 0.3) is 0 Å². The molecule has 126 valence electrons. The minimum absolute atomic E-state index is 0.116. The summed E-state index contributed by atoms with van der Waals surface area (Å²) in [6.45, 7) is 4.43. The van der Waals surface area contributed by atoms with Crippen molar-refractivity contribution < 1.29 is 9.53 Å². The van der Waals surface area contributed by atoms with Gasteiger partial charge in [0.1, 0.15) is 12.1 Å². The van der Waals surface area contributed by atoms with Gasteiger partial charge < -0.3 is 14.5 Å². The lowest BCUT2D eigenvalue weighted by Gasteiger charge is -2.36. The molecular weight excluding hydrogens is 306 g/mol. The number of aromatic nitrogens is 3. The molecule has 0 bridgehead atoms. The molecular formula is C17H21N5O2. The van der Waals surface area contributed by atoms with Crippen molar-refractivity contribution in [2.45, 2.75) is 12.8 Å². The molecule has 4 heterocycles. The van der Waals surface area contributed by atoms with E-state index >= 15 is 0 Å². The van der Waals surface area contributed by atoms with E-state index in [1.54, 1.807) is 12.5 Å². The van der Waals surface area contributed by atoms with Crippen molar-refractivity contribution in [3.63, 3.8) is 0 Å². The van der Waals surface area contributed by atoms with Crippen LogP contribution in [0.3, 0.4) is 0 Å². The third-order valence-corrected chi connectivity index (χ3v) is 4.85. The van der Waals surface area contributed by atoms with E-state index in [9.17, 15) is 4.79 Å². The van der Waals surface area contributed by atoms with Crippen LogP contribution in [-0.2, 0) is 9.53 Å². The second-order valence-corrected chi connectivity index (χ2v) is 6.27. The van der Waals surface area contributed by atoms with Gasteiger partial charge in [-0.05, 0) is 25.0 Å². The summed E-state index contributed by atoms with van der Waals surface area (Å²) >= 11 is 0. The van der Waals surface area contributed by atoms with E-state index in [1.165, 1.54) is 0 Å². The average Bonchev–Trinajstić information content (AvgIpc) is 2.68. The molecule has 4 rings (SSSR count). The molecule has 0 unspecified atom stereocenters. The highest BCUT2D eigenvalue weighted by atomic mass is 16.5. The van der Waals surface area contributed by atoms with E-state index in [4.69, 9.17) is 4.74 Å². The van der Waals surface area contributed by atoms with Crippen LogP contribution in [0.15, 0.2) is 24.7 Å². The van der Waals surface area contributed by atoms with Gasteiger partial charge in [-0.15, -0.1) is 0 Å². The molecule has 2 saturated heterocycles. The van der Waals surface area contributed by atoms with Crippen molar-refractivity contribution in [3.8, 4) is 0 Å². The van der Waals surface area contributed by atoms with E-state index in [2.05, 4.69) is 19.9 Å². The van der Waals surface area contributed by atoms with Gasteiger partial charge in [-0.1, -0.05) is 0 Å². The molecule has 0 radical (unpaired) electrons. The number of carbonyl (C=O) groups excluding carboxylic acids is 1. The van der Waals surface area contributed by atoms with Gasteiger partial charge in [-0.25, -0.2) is 15.0 Å². The van der Waals surface area contributed by atoms with Crippen LogP contribution in [-0.4, -0.2) is 65.2 Å². The fraction of sp³-hybridized carbons (Fsp3) is 0.529. The first-order valence-electron chi connectivity index (χ1n) is 8.50. The number of amides is 1. The largest absolute Gasteiger partial charge is 0.378 e. The standard InChI is InChI=1S/C17H21N5O2/c23-17(22-8-10-24-11-9-22)13-3-6-21(7-4-13)16-14-2-1-5-18-15(14)19-12-20-16/h1-2,5,12-13H,3-4,6-11H2. The molecule has 0 atom stereocenters. The van der Waals surface area contributed by atoms with Crippen molar-refractivity contribution in [3.05, 3.63) is 24.7 Å². The predicted molar refractivity (Wildman–Crippen MR) is 89.7 cm³/mol. The van der Waals surface area contributed by atoms with Crippen molar-refractivity contribution in [2.24, 2.45) is 5.92 Å². The molecule has 1 amide bonds. The average molecular weight is 327 g/mol. The Morgan fingerprint density at radius 3 is 2.67 bits per heavy atom. The molecule has 2 fully saturated rings. The molecule has 7 nitrogen and oxygen atoms in total. The number of anilines is 1. The zero-order chi connectivity index (χ0) is 16.4. The fourth-order valence-corrected chi connectivity index (χ4v) is 3.51. The van der Waals surface area contributed by atoms with Crippen molar-refractivity contribution in [1.29, 1.82) is 0 Å². The number of ether oxygens (including phenoxy) is 1. The van der Waals surface area contributed by atoms with Crippen molar-refractivity contribution in [2.75, 3.05) is 44.3 Å². The summed E-state index contributed by atoms with van der Waals surface area (Å²) in [5.74, 6) is 1.32. The van der Waals surface area contributed by atoms with Gasteiger partial charge in [0, 0.05) is 38.3 Å². The Kier molecular flexibility index (Phi) is 4.25. The summed E-state index contributed by atoms with van der Waals surface area (Å²) in [5.41, 5.74) is 0.717. The number of piperidine rings is 1. The van der Waals surface area contributed by atoms with Crippen LogP contribution in [0.4, 0.5) is 5.82 Å². The quantitative estimate of drug-likeness (QED) is 0.822. The molecule has 2 aromatic rings. The highest BCUT2D eigenvalue weighted by molar-refractivity contribution is 5.86. The van der Waals surface area contributed by atoms with Crippen molar-refractivity contribution in [1.82, 2.24) is 19.9 Å². The minimum Gasteiger partial charge on any atom is -0.378 e. The van der Waals surface area contributed by atoms with Crippen LogP contribution in [0.5, 0.6) is 0 Å². The maximum atomic E-state index is 12.6. The zero-order valence-corrected chi connectivity index (χ0v) is 13.6. The highest BCUT2D eigenvalue weighted by Gasteiger charge is 2.30. The van der Waals surface area contributed by atoms with Gasteiger partial charge in [0.15, 0.2) is 5.65 Å². The maximum absolute atomic E-state index is 12.6. The molecule has 2 aliphatic heterocycles. The van der Waals surface area contributed by atoms with E-state index in [-0.39, 0.29) is 11.8 Å². The van der Waals surface area contributed by atoms with Crippen LogP contribution in [0.1, 0.15) is 12.8 Å². The Balaban J connectivity index is 1.45. The molecule has 7 heteroatoms. The Hall–Kier alpha value is -2.28. The van der Waals surface area contributed by atoms with Crippen LogP contribution in [0.25, 0.3) is 11.0 Å². The van der Waals surface area contributed by atoms with Crippen LogP contribution in [0, 0.1) is 5.92 Å². The third-order valence-electron chi connectivity index (χ3n) is 4.85. The third kappa shape index (κ3) is 2.91. The molecule has 0 spiro atoms. The van der Waals surface area contributed by atoms with Crippen molar-refractivity contribution >= 4 is 22.8 Å². The lowest BCUT2D eigenvalue weighted by molar-refractivity contribution is -0.140. The maximum Gasteiger partial charge on any atom is 0.225 e. The SMILES string of the molecule is O=C(C1CCN(c2ncnc3ncccc23)CC1)N1CCOCC1. The second kappa shape index (κ2) is 6.68. The van der Waals surface area contributed by atoms with Gasteiger partial charge >= 0.3 is 0 Å². The number of nitrogens with zero attached hydrogens (tertiary/aromatic N) is 5. The minimum atomic E-state index is 0.116. The highest BCUT2D eigenvalue weighted by Crippen LogP contribution is 2.27. The normalized spacial score (nSPS) is 19.7. The Morgan fingerprint density at radius 1 is 1.08 bits per heavy atom. The van der Waals surface area contributed by atoms with E-state index in [0.717, 1.165) is 50.2 Å².